The van der Waals surface area contributed by atoms with Crippen molar-refractivity contribution in [3.63, 3.8) is 0 Å². The number of esters is 1. The topological polar surface area (TPSA) is 80.3 Å². The predicted octanol–water partition coefficient (Wildman–Crippen LogP) is 5.64. The average Bonchev–Trinajstić information content (AvgIpc) is 2.79. The second kappa shape index (κ2) is 14.5. The standard InChI is InChI=1S/C17H16F2O7.C7H8/c18-25-23-14-10-12-9-13(20)7-5-3-1-2-4-6-8-22-17(21)16(12)15(11-14)24-26-19;1-7-5-3-2-4-6-7/h2,4-5,7,10-11H,1,3,6,8-9H2;2-6H,1H3/b4-2+,7-5+;. The summed E-state index contributed by atoms with van der Waals surface area (Å²) >= 11 is 0. The first-order valence-electron chi connectivity index (χ1n) is 10.2. The van der Waals surface area contributed by atoms with Crippen LogP contribution >= 0.6 is 0 Å². The molecule has 0 N–H and O–H groups in total. The number of carbonyl (C=O) groups is 2. The Labute approximate surface area is 189 Å². The minimum absolute atomic E-state index is 0.0684. The van der Waals surface area contributed by atoms with Crippen LogP contribution in [0.2, 0.25) is 0 Å². The summed E-state index contributed by atoms with van der Waals surface area (Å²) in [5.74, 6) is -1.93. The summed E-state index contributed by atoms with van der Waals surface area (Å²) in [5.41, 5.74) is 1.15. The van der Waals surface area contributed by atoms with Crippen LogP contribution in [0.4, 0.5) is 9.05 Å². The summed E-state index contributed by atoms with van der Waals surface area (Å²) in [6, 6.07) is 12.4. The summed E-state index contributed by atoms with van der Waals surface area (Å²) in [6.45, 7) is 2.15. The van der Waals surface area contributed by atoms with Gasteiger partial charge in [0, 0.05) is 22.7 Å². The highest BCUT2D eigenvalue weighted by molar-refractivity contribution is 5.98. The molecule has 0 aliphatic carbocycles. The maximum atomic E-state index is 12.4. The molecule has 0 atom stereocenters. The molecule has 2 aromatic carbocycles. The van der Waals surface area contributed by atoms with Gasteiger partial charge in [-0.1, -0.05) is 54.1 Å². The quantitative estimate of drug-likeness (QED) is 0.252. The Morgan fingerprint density at radius 2 is 1.58 bits per heavy atom. The molecule has 0 saturated heterocycles. The number of ether oxygens (including phenoxy) is 1. The second-order valence-corrected chi connectivity index (χ2v) is 6.92. The molecule has 0 saturated carbocycles. The van der Waals surface area contributed by atoms with Gasteiger partial charge in [-0.05, 0) is 52.9 Å². The maximum absolute atomic E-state index is 12.4. The van der Waals surface area contributed by atoms with Crippen molar-refractivity contribution in [3.05, 3.63) is 83.5 Å². The van der Waals surface area contributed by atoms with Crippen molar-refractivity contribution in [3.8, 4) is 11.5 Å². The van der Waals surface area contributed by atoms with Gasteiger partial charge in [-0.3, -0.25) is 4.79 Å². The molecule has 2 aromatic rings. The van der Waals surface area contributed by atoms with Crippen LogP contribution < -0.4 is 9.78 Å². The van der Waals surface area contributed by atoms with Crippen LogP contribution in [0.5, 0.6) is 11.5 Å². The molecule has 0 unspecified atom stereocenters. The van der Waals surface area contributed by atoms with Gasteiger partial charge in [0.1, 0.15) is 5.56 Å². The summed E-state index contributed by atoms with van der Waals surface area (Å²) in [5, 5.41) is 6.16. The molecule has 0 aromatic heterocycles. The molecule has 7 nitrogen and oxygen atoms in total. The van der Waals surface area contributed by atoms with Gasteiger partial charge >= 0.3 is 5.97 Å². The zero-order chi connectivity index (χ0) is 23.9. The van der Waals surface area contributed by atoms with E-state index in [1.165, 1.54) is 17.7 Å². The maximum Gasteiger partial charge on any atom is 0.342 e. The van der Waals surface area contributed by atoms with E-state index in [0.29, 0.717) is 12.8 Å². The van der Waals surface area contributed by atoms with Gasteiger partial charge in [-0.15, -0.1) is 0 Å². The number of fused-ring (bicyclic) bond motifs is 1. The molecular weight excluding hydrogens is 438 g/mol. The van der Waals surface area contributed by atoms with Crippen LogP contribution in [0.25, 0.3) is 0 Å². The number of halogens is 2. The van der Waals surface area contributed by atoms with E-state index < -0.39 is 11.7 Å². The van der Waals surface area contributed by atoms with Crippen LogP contribution in [0.3, 0.4) is 0 Å². The van der Waals surface area contributed by atoms with Gasteiger partial charge in [-0.25, -0.2) is 4.79 Å². The number of benzene rings is 2. The molecule has 1 aliphatic heterocycles. The molecule has 33 heavy (non-hydrogen) atoms. The monoisotopic (exact) mass is 462 g/mol. The van der Waals surface area contributed by atoms with E-state index in [4.69, 9.17) is 4.74 Å². The predicted molar refractivity (Wildman–Crippen MR) is 114 cm³/mol. The lowest BCUT2D eigenvalue weighted by Gasteiger charge is -2.13. The first-order valence-corrected chi connectivity index (χ1v) is 10.2. The van der Waals surface area contributed by atoms with Gasteiger partial charge in [-0.2, -0.15) is 0 Å². The molecule has 1 heterocycles. The van der Waals surface area contributed by atoms with Gasteiger partial charge in [0.15, 0.2) is 17.3 Å². The van der Waals surface area contributed by atoms with E-state index in [-0.39, 0.29) is 35.7 Å². The van der Waals surface area contributed by atoms with E-state index >= 15 is 0 Å². The zero-order valence-electron chi connectivity index (χ0n) is 18.0. The lowest BCUT2D eigenvalue weighted by molar-refractivity contribution is -0.371. The molecule has 9 heteroatoms. The van der Waals surface area contributed by atoms with Crippen molar-refractivity contribution in [2.75, 3.05) is 6.61 Å². The van der Waals surface area contributed by atoms with Gasteiger partial charge < -0.3 is 14.5 Å². The number of ketones is 1. The van der Waals surface area contributed by atoms with Gasteiger partial charge in [0.2, 0.25) is 0 Å². The molecule has 0 amide bonds. The van der Waals surface area contributed by atoms with Crippen LogP contribution in [-0.4, -0.2) is 18.4 Å². The highest BCUT2D eigenvalue weighted by Gasteiger charge is 2.24. The fraction of sp³-hybridized carbons (Fsp3) is 0.250. The lowest BCUT2D eigenvalue weighted by Crippen LogP contribution is -2.14. The molecular formula is C24H24F2O7. The van der Waals surface area contributed by atoms with Crippen molar-refractivity contribution >= 4 is 11.8 Å². The molecule has 1 aliphatic rings. The number of aryl methyl sites for hydroxylation is 1. The number of allylic oxidation sites excluding steroid dienone is 3. The SMILES string of the molecule is Cc1ccccc1.O=C1/C=C/CC/C=C/CCOC(=O)c2c(cc(OOF)cc2OOF)C1. The molecule has 0 fully saturated rings. The highest BCUT2D eigenvalue weighted by atomic mass is 19.3. The Hall–Kier alpha value is -3.56. The van der Waals surface area contributed by atoms with Crippen LogP contribution in [0, 0.1) is 6.92 Å². The van der Waals surface area contributed by atoms with E-state index in [9.17, 15) is 18.6 Å². The summed E-state index contributed by atoms with van der Waals surface area (Å²) in [4.78, 5) is 33.0. The van der Waals surface area contributed by atoms with Crippen molar-refractivity contribution < 1.29 is 43.3 Å². The van der Waals surface area contributed by atoms with Gasteiger partial charge in [0.25, 0.3) is 0 Å². The third kappa shape index (κ3) is 9.22. The molecule has 0 spiro atoms. The van der Waals surface area contributed by atoms with Crippen molar-refractivity contribution in [1.82, 2.24) is 0 Å². The third-order valence-electron chi connectivity index (χ3n) is 4.40. The normalized spacial score (nSPS) is 16.2. The fourth-order valence-corrected chi connectivity index (χ4v) is 2.92. The van der Waals surface area contributed by atoms with Gasteiger partial charge in [0.05, 0.1) is 6.61 Å². The average molecular weight is 462 g/mol. The first-order chi connectivity index (χ1) is 16.0. The fourth-order valence-electron chi connectivity index (χ4n) is 2.92. The van der Waals surface area contributed by atoms with Crippen LogP contribution in [-0.2, 0) is 26.1 Å². The number of hydrogen-bond donors (Lipinski definition) is 0. The number of cyclic esters (lactones) is 1. The smallest absolute Gasteiger partial charge is 0.342 e. The zero-order valence-corrected chi connectivity index (χ0v) is 18.0. The largest absolute Gasteiger partial charge is 0.462 e. The summed E-state index contributed by atoms with van der Waals surface area (Å²) in [7, 11) is 0. The second-order valence-electron chi connectivity index (χ2n) is 6.92. The van der Waals surface area contributed by atoms with Crippen molar-refractivity contribution in [2.24, 2.45) is 0 Å². The number of hydrogen-bond acceptors (Lipinski definition) is 7. The van der Waals surface area contributed by atoms with Crippen molar-refractivity contribution in [2.45, 2.75) is 32.6 Å². The lowest BCUT2D eigenvalue weighted by atomic mass is 10.00. The van der Waals surface area contributed by atoms with E-state index in [2.05, 4.69) is 39.0 Å². The van der Waals surface area contributed by atoms with Crippen LogP contribution in [0.1, 0.15) is 40.7 Å². The molecule has 3 rings (SSSR count). The van der Waals surface area contributed by atoms with E-state index in [1.807, 2.05) is 30.4 Å². The Balaban J connectivity index is 0.000000468. The van der Waals surface area contributed by atoms with Crippen molar-refractivity contribution in [1.29, 1.82) is 0 Å². The Bertz CT molecular complexity index is 959. The Kier molecular flexibility index (Phi) is 11.3. The van der Waals surface area contributed by atoms with E-state index in [1.54, 1.807) is 6.08 Å². The summed E-state index contributed by atoms with van der Waals surface area (Å²) in [6.07, 6.45) is 8.44. The number of carbonyl (C=O) groups excluding carboxylic acids is 2. The molecule has 0 bridgehead atoms. The Morgan fingerprint density at radius 1 is 0.879 bits per heavy atom. The molecule has 0 radical (unpaired) electrons. The third-order valence-corrected chi connectivity index (χ3v) is 4.40. The minimum Gasteiger partial charge on any atom is -0.462 e. The molecule has 176 valence electrons. The van der Waals surface area contributed by atoms with Crippen LogP contribution in [0.15, 0.2) is 66.8 Å². The number of rotatable bonds is 4. The minimum atomic E-state index is -0.859. The first kappa shape index (κ1) is 25.7. The Morgan fingerprint density at radius 3 is 2.24 bits per heavy atom. The highest BCUT2D eigenvalue weighted by Crippen LogP contribution is 2.31. The van der Waals surface area contributed by atoms with E-state index in [0.717, 1.165) is 12.5 Å². The summed E-state index contributed by atoms with van der Waals surface area (Å²) < 4.78 is 29.3.